The van der Waals surface area contributed by atoms with Crippen LogP contribution in [0.2, 0.25) is 0 Å². The lowest BCUT2D eigenvalue weighted by Gasteiger charge is -2.16. The summed E-state index contributed by atoms with van der Waals surface area (Å²) >= 11 is 0. The molecule has 1 rings (SSSR count). The van der Waals surface area contributed by atoms with Gasteiger partial charge in [-0.15, -0.1) is 0 Å². The smallest absolute Gasteiger partial charge is 0.321 e. The molecule has 1 aromatic rings. The number of nitrogens with two attached hydrogens (primary N) is 1. The fourth-order valence-electron chi connectivity index (χ4n) is 1.25. The van der Waals surface area contributed by atoms with E-state index >= 15 is 0 Å². The van der Waals surface area contributed by atoms with Crippen molar-refractivity contribution in [3.63, 3.8) is 0 Å². The summed E-state index contributed by atoms with van der Waals surface area (Å²) in [6.07, 6.45) is 0. The molecule has 0 fully saturated rings. The minimum atomic E-state index is -0.247. The maximum atomic E-state index is 11.6. The number of urea groups is 1. The van der Waals surface area contributed by atoms with E-state index in [-0.39, 0.29) is 12.6 Å². The summed E-state index contributed by atoms with van der Waals surface area (Å²) in [5.41, 5.74) is 7.17. The maximum absolute atomic E-state index is 11.6. The van der Waals surface area contributed by atoms with Crippen molar-refractivity contribution in [3.8, 4) is 0 Å². The van der Waals surface area contributed by atoms with Crippen LogP contribution in [0.15, 0.2) is 24.3 Å². The Balaban J connectivity index is 2.61. The molecule has 88 valence electrons. The van der Waals surface area contributed by atoms with E-state index in [0.29, 0.717) is 18.8 Å². The van der Waals surface area contributed by atoms with E-state index < -0.39 is 0 Å². The number of hydrogen-bond acceptors (Lipinski definition) is 3. The van der Waals surface area contributed by atoms with E-state index in [2.05, 4.69) is 5.32 Å². The SMILES string of the molecule is CN(CCO)C(=O)Nc1cccc(CN)c1. The molecule has 1 aromatic carbocycles. The number of rotatable bonds is 4. The predicted octanol–water partition coefficient (Wildman–Crippen LogP) is 0.601. The molecule has 2 amide bonds. The molecule has 5 nitrogen and oxygen atoms in total. The largest absolute Gasteiger partial charge is 0.395 e. The van der Waals surface area contributed by atoms with Crippen LogP contribution >= 0.6 is 0 Å². The van der Waals surface area contributed by atoms with E-state index in [9.17, 15) is 4.79 Å². The number of aliphatic hydroxyl groups is 1. The van der Waals surface area contributed by atoms with Crippen LogP contribution in [0.25, 0.3) is 0 Å². The van der Waals surface area contributed by atoms with Gasteiger partial charge < -0.3 is 21.1 Å². The van der Waals surface area contributed by atoms with Gasteiger partial charge in [0.2, 0.25) is 0 Å². The summed E-state index contributed by atoms with van der Waals surface area (Å²) in [6, 6.07) is 7.11. The first-order chi connectivity index (χ1) is 7.67. The lowest BCUT2D eigenvalue weighted by atomic mass is 10.2. The highest BCUT2D eigenvalue weighted by Crippen LogP contribution is 2.10. The molecular formula is C11H17N3O2. The van der Waals surface area contributed by atoms with E-state index in [4.69, 9.17) is 10.8 Å². The Kier molecular flexibility index (Phi) is 4.75. The average Bonchev–Trinajstić information content (AvgIpc) is 2.29. The van der Waals surface area contributed by atoms with Gasteiger partial charge in [-0.1, -0.05) is 12.1 Å². The van der Waals surface area contributed by atoms with Gasteiger partial charge >= 0.3 is 6.03 Å². The number of anilines is 1. The van der Waals surface area contributed by atoms with Crippen molar-refractivity contribution < 1.29 is 9.90 Å². The molecule has 0 aliphatic carbocycles. The molecular weight excluding hydrogens is 206 g/mol. The zero-order chi connectivity index (χ0) is 12.0. The van der Waals surface area contributed by atoms with Crippen molar-refractivity contribution in [3.05, 3.63) is 29.8 Å². The van der Waals surface area contributed by atoms with Crippen molar-refractivity contribution in [1.29, 1.82) is 0 Å². The van der Waals surface area contributed by atoms with Crippen LogP contribution in [0, 0.1) is 0 Å². The molecule has 5 heteroatoms. The van der Waals surface area contributed by atoms with Crippen LogP contribution in [-0.2, 0) is 6.54 Å². The molecule has 0 aliphatic heterocycles. The molecule has 0 radical (unpaired) electrons. The monoisotopic (exact) mass is 223 g/mol. The van der Waals surface area contributed by atoms with Gasteiger partial charge in [-0.05, 0) is 17.7 Å². The van der Waals surface area contributed by atoms with E-state index in [0.717, 1.165) is 5.56 Å². The number of carbonyl (C=O) groups is 1. The summed E-state index contributed by atoms with van der Waals surface area (Å²) in [5.74, 6) is 0. The molecule has 16 heavy (non-hydrogen) atoms. The van der Waals surface area contributed by atoms with Crippen LogP contribution in [0.4, 0.5) is 10.5 Å². The zero-order valence-electron chi connectivity index (χ0n) is 9.31. The molecule has 0 saturated heterocycles. The van der Waals surface area contributed by atoms with Crippen molar-refractivity contribution in [2.75, 3.05) is 25.5 Å². The molecule has 0 bridgehead atoms. The quantitative estimate of drug-likeness (QED) is 0.699. The van der Waals surface area contributed by atoms with Crippen molar-refractivity contribution >= 4 is 11.7 Å². The Morgan fingerprint density at radius 1 is 1.56 bits per heavy atom. The third-order valence-corrected chi connectivity index (χ3v) is 2.20. The molecule has 0 aliphatic rings. The molecule has 0 saturated carbocycles. The van der Waals surface area contributed by atoms with Gasteiger partial charge in [0.15, 0.2) is 0 Å². The number of benzene rings is 1. The fourth-order valence-corrected chi connectivity index (χ4v) is 1.25. The zero-order valence-corrected chi connectivity index (χ0v) is 9.31. The number of nitrogens with one attached hydrogen (secondary N) is 1. The standard InChI is InChI=1S/C11H17N3O2/c1-14(5-6-15)11(16)13-10-4-2-3-9(7-10)8-12/h2-4,7,15H,5-6,8,12H2,1H3,(H,13,16). The van der Waals surface area contributed by atoms with Crippen LogP contribution < -0.4 is 11.1 Å². The number of nitrogens with zero attached hydrogens (tertiary/aromatic N) is 1. The first-order valence-electron chi connectivity index (χ1n) is 5.09. The lowest BCUT2D eigenvalue weighted by Crippen LogP contribution is -2.33. The molecule has 0 unspecified atom stereocenters. The summed E-state index contributed by atoms with van der Waals surface area (Å²) in [7, 11) is 1.62. The van der Waals surface area contributed by atoms with Crippen molar-refractivity contribution in [2.45, 2.75) is 6.54 Å². The third kappa shape index (κ3) is 3.52. The highest BCUT2D eigenvalue weighted by atomic mass is 16.3. The summed E-state index contributed by atoms with van der Waals surface area (Å²) in [4.78, 5) is 13.0. The van der Waals surface area contributed by atoms with Gasteiger partial charge in [-0.2, -0.15) is 0 Å². The van der Waals surface area contributed by atoms with Crippen molar-refractivity contribution in [1.82, 2.24) is 4.90 Å². The van der Waals surface area contributed by atoms with Crippen LogP contribution in [0.3, 0.4) is 0 Å². The van der Waals surface area contributed by atoms with Gasteiger partial charge in [0, 0.05) is 25.8 Å². The number of carbonyl (C=O) groups excluding carboxylic acids is 1. The second kappa shape index (κ2) is 6.09. The molecule has 0 aromatic heterocycles. The maximum Gasteiger partial charge on any atom is 0.321 e. The Labute approximate surface area is 94.9 Å². The van der Waals surface area contributed by atoms with E-state index in [1.54, 1.807) is 13.1 Å². The Morgan fingerprint density at radius 2 is 2.31 bits per heavy atom. The second-order valence-corrected chi connectivity index (χ2v) is 3.48. The van der Waals surface area contributed by atoms with Crippen LogP contribution in [-0.4, -0.2) is 36.2 Å². The number of aliphatic hydroxyl groups excluding tert-OH is 1. The molecule has 0 heterocycles. The summed E-state index contributed by atoms with van der Waals surface area (Å²) in [5, 5.41) is 11.4. The first-order valence-corrected chi connectivity index (χ1v) is 5.09. The Bertz CT molecular complexity index is 355. The Morgan fingerprint density at radius 3 is 2.94 bits per heavy atom. The first kappa shape index (κ1) is 12.5. The lowest BCUT2D eigenvalue weighted by molar-refractivity contribution is 0.202. The van der Waals surface area contributed by atoms with E-state index in [1.807, 2.05) is 18.2 Å². The van der Waals surface area contributed by atoms with Gasteiger partial charge in [0.25, 0.3) is 0 Å². The third-order valence-electron chi connectivity index (χ3n) is 2.20. The molecule has 4 N–H and O–H groups in total. The minimum absolute atomic E-state index is 0.0488. The number of likely N-dealkylation sites (N-methyl/N-ethyl adjacent to an activating group) is 1. The van der Waals surface area contributed by atoms with Gasteiger partial charge in [-0.3, -0.25) is 0 Å². The number of hydrogen-bond donors (Lipinski definition) is 3. The molecule has 0 atom stereocenters. The van der Waals surface area contributed by atoms with Crippen LogP contribution in [0.5, 0.6) is 0 Å². The molecule has 0 spiro atoms. The van der Waals surface area contributed by atoms with Crippen molar-refractivity contribution in [2.24, 2.45) is 5.73 Å². The van der Waals surface area contributed by atoms with Gasteiger partial charge in [-0.25, -0.2) is 4.79 Å². The topological polar surface area (TPSA) is 78.6 Å². The highest BCUT2D eigenvalue weighted by Gasteiger charge is 2.07. The van der Waals surface area contributed by atoms with E-state index in [1.165, 1.54) is 4.90 Å². The fraction of sp³-hybridized carbons (Fsp3) is 0.364. The minimum Gasteiger partial charge on any atom is -0.395 e. The van der Waals surface area contributed by atoms with Gasteiger partial charge in [0.05, 0.1) is 6.61 Å². The normalized spacial score (nSPS) is 9.94. The summed E-state index contributed by atoms with van der Waals surface area (Å²) in [6.45, 7) is 0.700. The van der Waals surface area contributed by atoms with Gasteiger partial charge in [0.1, 0.15) is 0 Å². The summed E-state index contributed by atoms with van der Waals surface area (Å²) < 4.78 is 0. The highest BCUT2D eigenvalue weighted by molar-refractivity contribution is 5.89. The predicted molar refractivity (Wildman–Crippen MR) is 63.1 cm³/mol. The number of amides is 2. The average molecular weight is 223 g/mol. The second-order valence-electron chi connectivity index (χ2n) is 3.48. The van der Waals surface area contributed by atoms with Crippen LogP contribution in [0.1, 0.15) is 5.56 Å². The Hall–Kier alpha value is -1.59.